The Kier molecular flexibility index (Phi) is 22.3. The van der Waals surface area contributed by atoms with Gasteiger partial charge in [0.2, 0.25) is 17.7 Å². The summed E-state index contributed by atoms with van der Waals surface area (Å²) in [5, 5.41) is 29.9. The summed E-state index contributed by atoms with van der Waals surface area (Å²) in [6.45, 7) is 22.6. The van der Waals surface area contributed by atoms with E-state index in [1.54, 1.807) is 0 Å². The second-order valence-electron chi connectivity index (χ2n) is 17.2. The van der Waals surface area contributed by atoms with Crippen LogP contribution in [0, 0.1) is 11.3 Å². The number of Topliss-reactive ketones (excluding diaryl/α,β-unsaturated/α-hetero) is 1. The third kappa shape index (κ3) is 22.9. The molecule has 0 aliphatic carbocycles. The average molecular weight is 772 g/mol. The molecule has 8 N–H and O–H groups in total. The van der Waals surface area contributed by atoms with Crippen molar-refractivity contribution < 1.29 is 48.5 Å². The molecule has 0 radical (unpaired) electrons. The van der Waals surface area contributed by atoms with Gasteiger partial charge in [0.05, 0.1) is 42.4 Å². The lowest BCUT2D eigenvalue weighted by Crippen LogP contribution is -2.51. The zero-order chi connectivity index (χ0) is 41.9. The van der Waals surface area contributed by atoms with Gasteiger partial charge in [0.25, 0.3) is 0 Å². The highest BCUT2D eigenvalue weighted by Gasteiger charge is 2.34. The molecule has 15 nitrogen and oxygen atoms in total. The summed E-state index contributed by atoms with van der Waals surface area (Å²) in [5.41, 5.74) is 4.06. The highest BCUT2D eigenvalue weighted by Crippen LogP contribution is 2.25. The number of carbonyl (C=O) groups is 6. The molecule has 54 heavy (non-hydrogen) atoms. The van der Waals surface area contributed by atoms with E-state index in [2.05, 4.69) is 42.0 Å². The van der Waals surface area contributed by atoms with Crippen LogP contribution in [0.25, 0.3) is 0 Å². The SMILES string of the molecule is CCC(C)(C)C(=O)[C@H](CCCCNC(=O)CCC(C)(C)OCCC(C)(C)OCCNC(=O)CC[C@H](NC(=O)C(N)CC(C)C(=O)O)C(=O)O)NC(C)(C)C. The van der Waals surface area contributed by atoms with Crippen molar-refractivity contribution >= 4 is 35.4 Å². The molecule has 0 saturated carbocycles. The minimum Gasteiger partial charge on any atom is -0.481 e. The molecule has 0 bridgehead atoms. The number of carboxylic acids is 2. The molecule has 15 heteroatoms. The smallest absolute Gasteiger partial charge is 0.326 e. The van der Waals surface area contributed by atoms with Gasteiger partial charge in [-0.3, -0.25) is 24.0 Å². The number of carboxylic acid groups (broad SMARTS) is 2. The van der Waals surface area contributed by atoms with Gasteiger partial charge in [0.1, 0.15) is 6.04 Å². The Balaban J connectivity index is 4.45. The lowest BCUT2D eigenvalue weighted by atomic mass is 9.80. The van der Waals surface area contributed by atoms with Crippen molar-refractivity contribution in [1.29, 1.82) is 0 Å². The highest BCUT2D eigenvalue weighted by molar-refractivity contribution is 5.89. The van der Waals surface area contributed by atoms with Crippen molar-refractivity contribution in [2.45, 2.75) is 175 Å². The predicted octanol–water partition coefficient (Wildman–Crippen LogP) is 3.70. The summed E-state index contributed by atoms with van der Waals surface area (Å²) in [6, 6.07) is -2.78. The summed E-state index contributed by atoms with van der Waals surface area (Å²) in [6.07, 6.45) is 4.03. The van der Waals surface area contributed by atoms with Gasteiger partial charge in [-0.25, -0.2) is 4.79 Å². The molecule has 0 aliphatic heterocycles. The second-order valence-corrected chi connectivity index (χ2v) is 17.2. The molecule has 0 heterocycles. The highest BCUT2D eigenvalue weighted by atomic mass is 16.5. The molecule has 314 valence electrons. The summed E-state index contributed by atoms with van der Waals surface area (Å²) in [4.78, 5) is 72.9. The summed E-state index contributed by atoms with van der Waals surface area (Å²) >= 11 is 0. The number of nitrogens with two attached hydrogens (primary N) is 1. The normalized spacial score (nSPS) is 14.7. The molecule has 4 atom stereocenters. The van der Waals surface area contributed by atoms with Crippen molar-refractivity contribution in [1.82, 2.24) is 21.3 Å². The van der Waals surface area contributed by atoms with E-state index in [1.165, 1.54) is 6.92 Å². The molecule has 3 amide bonds. The molecule has 0 aromatic rings. The zero-order valence-corrected chi connectivity index (χ0v) is 34.9. The van der Waals surface area contributed by atoms with Crippen LogP contribution in [0.15, 0.2) is 0 Å². The molecule has 0 aliphatic rings. The van der Waals surface area contributed by atoms with E-state index in [1.807, 2.05) is 48.5 Å². The van der Waals surface area contributed by atoms with E-state index in [-0.39, 0.29) is 61.1 Å². The monoisotopic (exact) mass is 772 g/mol. The lowest BCUT2D eigenvalue weighted by molar-refractivity contribution is -0.144. The van der Waals surface area contributed by atoms with Gasteiger partial charge in [-0.05, 0) is 99.8 Å². The van der Waals surface area contributed by atoms with Crippen molar-refractivity contribution in [3.05, 3.63) is 0 Å². The molecular formula is C39H73N5O10. The molecule has 0 fully saturated rings. The van der Waals surface area contributed by atoms with Gasteiger partial charge in [0.15, 0.2) is 5.78 Å². The Morgan fingerprint density at radius 3 is 1.81 bits per heavy atom. The van der Waals surface area contributed by atoms with Gasteiger partial charge in [-0.1, -0.05) is 27.7 Å². The van der Waals surface area contributed by atoms with Crippen molar-refractivity contribution in [3.8, 4) is 0 Å². The summed E-state index contributed by atoms with van der Waals surface area (Å²) < 4.78 is 12.0. The van der Waals surface area contributed by atoms with E-state index in [9.17, 15) is 33.9 Å². The standard InChI is InChI=1S/C39H73N5O10/c1-12-37(6,7)32(47)28(44-36(3,4)5)15-13-14-21-41-31(46)18-19-38(8,9)53-23-20-39(10,11)54-24-22-42-30(45)17-16-29(35(51)52)43-33(48)27(40)25-26(2)34(49)50/h26-29,44H,12-25,40H2,1-11H3,(H,41,46)(H,42,45)(H,43,48)(H,49,50)(H,51,52)/t26?,27?,28-,29-/m0/s1. The van der Waals surface area contributed by atoms with Gasteiger partial charge >= 0.3 is 11.9 Å². The first kappa shape index (κ1) is 50.9. The Morgan fingerprint density at radius 1 is 0.704 bits per heavy atom. The van der Waals surface area contributed by atoms with Crippen molar-refractivity contribution in [2.75, 3.05) is 26.3 Å². The fourth-order valence-corrected chi connectivity index (χ4v) is 5.37. The Hall–Kier alpha value is -3.14. The zero-order valence-electron chi connectivity index (χ0n) is 34.9. The second kappa shape index (κ2) is 23.7. The quantitative estimate of drug-likeness (QED) is 0.0540. The molecule has 0 saturated heterocycles. The van der Waals surface area contributed by atoms with E-state index in [0.717, 1.165) is 25.7 Å². The maximum absolute atomic E-state index is 13.2. The molecule has 0 aromatic heterocycles. The van der Waals surface area contributed by atoms with Crippen LogP contribution in [-0.2, 0) is 38.2 Å². The van der Waals surface area contributed by atoms with Gasteiger partial charge in [-0.15, -0.1) is 0 Å². The number of nitrogens with one attached hydrogen (secondary N) is 4. The summed E-state index contributed by atoms with van der Waals surface area (Å²) in [5.74, 6) is -4.36. The maximum atomic E-state index is 13.2. The van der Waals surface area contributed by atoms with Crippen LogP contribution in [0.1, 0.15) is 140 Å². The molecular weight excluding hydrogens is 698 g/mol. The third-order valence-electron chi connectivity index (χ3n) is 9.42. The van der Waals surface area contributed by atoms with Crippen LogP contribution >= 0.6 is 0 Å². The number of unbranched alkanes of at least 4 members (excludes halogenated alkanes) is 1. The Morgan fingerprint density at radius 2 is 1.26 bits per heavy atom. The first-order chi connectivity index (χ1) is 24.7. The van der Waals surface area contributed by atoms with E-state index >= 15 is 0 Å². The van der Waals surface area contributed by atoms with Crippen LogP contribution < -0.4 is 27.0 Å². The Labute approximate surface area is 323 Å². The molecule has 0 spiro atoms. The summed E-state index contributed by atoms with van der Waals surface area (Å²) in [7, 11) is 0. The molecule has 0 rings (SSSR count). The largest absolute Gasteiger partial charge is 0.481 e. The number of aliphatic carboxylic acids is 2. The van der Waals surface area contributed by atoms with Crippen LogP contribution in [0.2, 0.25) is 0 Å². The molecule has 2 unspecified atom stereocenters. The fourth-order valence-electron chi connectivity index (χ4n) is 5.37. The fraction of sp³-hybridized carbons (Fsp3) is 0.846. The van der Waals surface area contributed by atoms with E-state index < -0.39 is 53.0 Å². The van der Waals surface area contributed by atoms with Gasteiger partial charge in [-0.2, -0.15) is 0 Å². The molecule has 0 aromatic carbocycles. The number of ether oxygens (including phenoxy) is 2. The predicted molar refractivity (Wildman–Crippen MR) is 208 cm³/mol. The average Bonchev–Trinajstić information content (AvgIpc) is 3.05. The number of hydrogen-bond donors (Lipinski definition) is 7. The van der Waals surface area contributed by atoms with Crippen molar-refractivity contribution in [3.63, 3.8) is 0 Å². The number of rotatable bonds is 29. The van der Waals surface area contributed by atoms with E-state index in [4.69, 9.17) is 20.3 Å². The first-order valence-electron chi connectivity index (χ1n) is 19.4. The van der Waals surface area contributed by atoms with Crippen LogP contribution in [0.4, 0.5) is 0 Å². The first-order valence-corrected chi connectivity index (χ1v) is 19.4. The van der Waals surface area contributed by atoms with Gasteiger partial charge < -0.3 is 46.7 Å². The maximum Gasteiger partial charge on any atom is 0.326 e. The number of amides is 3. The Bertz CT molecular complexity index is 1210. The number of carbonyl (C=O) groups excluding carboxylic acids is 4. The topological polar surface area (TPSA) is 235 Å². The van der Waals surface area contributed by atoms with Crippen LogP contribution in [-0.4, -0.2) is 107 Å². The minimum atomic E-state index is -1.36. The van der Waals surface area contributed by atoms with Crippen molar-refractivity contribution in [2.24, 2.45) is 17.1 Å². The van der Waals surface area contributed by atoms with E-state index in [0.29, 0.717) is 32.4 Å². The van der Waals surface area contributed by atoms with Crippen LogP contribution in [0.3, 0.4) is 0 Å². The number of ketones is 1. The van der Waals surface area contributed by atoms with Crippen LogP contribution in [0.5, 0.6) is 0 Å². The minimum absolute atomic E-state index is 0.0416. The number of hydrogen-bond acceptors (Lipinski definition) is 10. The lowest BCUT2D eigenvalue weighted by Gasteiger charge is -2.33. The third-order valence-corrected chi connectivity index (χ3v) is 9.42. The van der Waals surface area contributed by atoms with Gasteiger partial charge in [0, 0.05) is 36.9 Å².